The van der Waals surface area contributed by atoms with Crippen LogP contribution in [-0.2, 0) is 4.74 Å². The fraction of sp³-hybridized carbons (Fsp3) is 0.524. The van der Waals surface area contributed by atoms with Crippen LogP contribution < -0.4 is 14.2 Å². The van der Waals surface area contributed by atoms with Crippen LogP contribution in [0.25, 0.3) is 4.96 Å². The number of morpholine rings is 1. The fourth-order valence-corrected chi connectivity index (χ4v) is 5.40. The van der Waals surface area contributed by atoms with E-state index >= 15 is 0 Å². The van der Waals surface area contributed by atoms with E-state index in [-0.39, 0.29) is 24.1 Å². The number of ether oxygens (including phenoxy) is 4. The standard InChI is InChI=1S/C21H28N4O5S/c1-11-9-24(10-12(2)30-11)17(19-20(26)25-21(31-19)22-13(3)23-25)14-7-15(27-4)18(29-6)16(8-14)28-5/h7-8,11-12,17,26H,9-10H2,1-6H3/t11-,12-,17+/m0/s1. The molecule has 3 heterocycles. The van der Waals surface area contributed by atoms with E-state index < -0.39 is 0 Å². The predicted molar refractivity (Wildman–Crippen MR) is 117 cm³/mol. The molecule has 0 spiro atoms. The number of thiazole rings is 1. The lowest BCUT2D eigenvalue weighted by Crippen LogP contribution is -2.47. The van der Waals surface area contributed by atoms with E-state index in [1.807, 2.05) is 12.1 Å². The third-order valence-electron chi connectivity index (χ3n) is 5.37. The second-order valence-electron chi connectivity index (χ2n) is 7.72. The molecule has 1 aromatic carbocycles. The smallest absolute Gasteiger partial charge is 0.230 e. The summed E-state index contributed by atoms with van der Waals surface area (Å²) in [6.45, 7) is 7.33. The predicted octanol–water partition coefficient (Wildman–Crippen LogP) is 3.03. The molecule has 1 aliphatic heterocycles. The molecule has 1 saturated heterocycles. The molecule has 0 amide bonds. The van der Waals surface area contributed by atoms with Gasteiger partial charge >= 0.3 is 0 Å². The van der Waals surface area contributed by atoms with E-state index in [9.17, 15) is 5.11 Å². The van der Waals surface area contributed by atoms with E-state index in [1.165, 1.54) is 15.9 Å². The minimum Gasteiger partial charge on any atom is -0.493 e. The van der Waals surface area contributed by atoms with Crippen LogP contribution in [0.2, 0.25) is 0 Å². The number of hydrogen-bond acceptors (Lipinski definition) is 9. The van der Waals surface area contributed by atoms with Crippen molar-refractivity contribution in [1.82, 2.24) is 19.5 Å². The number of methoxy groups -OCH3 is 3. The number of benzene rings is 1. The number of nitrogens with zero attached hydrogens (tertiary/aromatic N) is 4. The van der Waals surface area contributed by atoms with Crippen LogP contribution >= 0.6 is 11.3 Å². The zero-order valence-corrected chi connectivity index (χ0v) is 19.4. The Bertz CT molecular complexity index is 1050. The summed E-state index contributed by atoms with van der Waals surface area (Å²) < 4.78 is 24.1. The zero-order valence-electron chi connectivity index (χ0n) is 18.6. The first-order valence-corrected chi connectivity index (χ1v) is 10.9. The van der Waals surface area contributed by atoms with Crippen molar-refractivity contribution in [2.45, 2.75) is 39.0 Å². The Labute approximate surface area is 185 Å². The van der Waals surface area contributed by atoms with Gasteiger partial charge in [0.2, 0.25) is 16.6 Å². The molecule has 1 fully saturated rings. The zero-order chi connectivity index (χ0) is 22.3. The minimum absolute atomic E-state index is 0.0554. The van der Waals surface area contributed by atoms with Crippen LogP contribution in [0.4, 0.5) is 0 Å². The fourth-order valence-electron chi connectivity index (χ4n) is 4.24. The summed E-state index contributed by atoms with van der Waals surface area (Å²) in [5.74, 6) is 2.35. The summed E-state index contributed by atoms with van der Waals surface area (Å²) in [5, 5.41) is 15.4. The minimum atomic E-state index is -0.267. The summed E-state index contributed by atoms with van der Waals surface area (Å²) in [6, 6.07) is 3.59. The maximum atomic E-state index is 11.1. The van der Waals surface area contributed by atoms with Gasteiger partial charge in [0.05, 0.1) is 44.5 Å². The summed E-state index contributed by atoms with van der Waals surface area (Å²) >= 11 is 1.42. The molecule has 168 valence electrons. The molecular formula is C21H28N4O5S. The van der Waals surface area contributed by atoms with Crippen LogP contribution in [0.3, 0.4) is 0 Å². The van der Waals surface area contributed by atoms with Crippen molar-refractivity contribution in [3.8, 4) is 23.1 Å². The first kappa shape index (κ1) is 21.7. The Kier molecular flexibility index (Phi) is 5.96. The van der Waals surface area contributed by atoms with E-state index in [0.717, 1.165) is 10.4 Å². The van der Waals surface area contributed by atoms with Crippen LogP contribution in [0.1, 0.15) is 36.2 Å². The molecule has 0 bridgehead atoms. The Morgan fingerprint density at radius 3 is 2.23 bits per heavy atom. The van der Waals surface area contributed by atoms with Gasteiger partial charge in [-0.15, -0.1) is 5.10 Å². The molecule has 2 aromatic heterocycles. The largest absolute Gasteiger partial charge is 0.493 e. The monoisotopic (exact) mass is 448 g/mol. The van der Waals surface area contributed by atoms with E-state index in [2.05, 4.69) is 28.8 Å². The number of aromatic hydroxyl groups is 1. The maximum absolute atomic E-state index is 11.1. The van der Waals surface area contributed by atoms with Gasteiger partial charge in [-0.05, 0) is 38.5 Å². The maximum Gasteiger partial charge on any atom is 0.230 e. The highest BCUT2D eigenvalue weighted by Crippen LogP contribution is 2.46. The molecule has 3 aromatic rings. The Morgan fingerprint density at radius 1 is 1.10 bits per heavy atom. The van der Waals surface area contributed by atoms with Gasteiger partial charge in [0, 0.05) is 13.1 Å². The molecular weight excluding hydrogens is 420 g/mol. The van der Waals surface area contributed by atoms with Gasteiger partial charge in [-0.3, -0.25) is 4.90 Å². The molecule has 3 atom stereocenters. The number of aromatic nitrogens is 3. The van der Waals surface area contributed by atoms with Crippen molar-refractivity contribution in [2.24, 2.45) is 0 Å². The molecule has 0 aliphatic carbocycles. The second-order valence-corrected chi connectivity index (χ2v) is 8.72. The first-order valence-electron chi connectivity index (χ1n) is 10.1. The van der Waals surface area contributed by atoms with E-state index in [4.69, 9.17) is 18.9 Å². The molecule has 31 heavy (non-hydrogen) atoms. The Balaban J connectivity index is 1.90. The summed E-state index contributed by atoms with van der Waals surface area (Å²) in [7, 11) is 4.77. The molecule has 10 heteroatoms. The molecule has 1 aliphatic rings. The SMILES string of the molecule is COc1cc([C@H](c2sc3nc(C)nn3c2O)N2C[C@H](C)O[C@@H](C)C2)cc(OC)c1OC. The molecule has 9 nitrogen and oxygen atoms in total. The van der Waals surface area contributed by atoms with Crippen molar-refractivity contribution in [3.63, 3.8) is 0 Å². The number of hydrogen-bond donors (Lipinski definition) is 1. The van der Waals surface area contributed by atoms with Crippen LogP contribution in [0, 0.1) is 6.92 Å². The van der Waals surface area contributed by atoms with Crippen LogP contribution in [-0.4, -0.2) is 71.2 Å². The van der Waals surface area contributed by atoms with Gasteiger partial charge in [-0.1, -0.05) is 11.3 Å². The quantitative estimate of drug-likeness (QED) is 0.615. The number of aryl methyl sites for hydroxylation is 1. The van der Waals surface area contributed by atoms with Gasteiger partial charge in [-0.2, -0.15) is 4.52 Å². The lowest BCUT2D eigenvalue weighted by Gasteiger charge is -2.40. The second kappa shape index (κ2) is 8.52. The summed E-state index contributed by atoms with van der Waals surface area (Å²) in [5.41, 5.74) is 0.910. The topological polar surface area (TPSA) is 90.6 Å². The van der Waals surface area contributed by atoms with Crippen molar-refractivity contribution < 1.29 is 24.1 Å². The van der Waals surface area contributed by atoms with E-state index in [0.29, 0.717) is 41.1 Å². The Hall–Kier alpha value is -2.56. The highest BCUT2D eigenvalue weighted by Gasteiger charge is 2.35. The average Bonchev–Trinajstić information content (AvgIpc) is 3.24. The summed E-state index contributed by atoms with van der Waals surface area (Å²) in [6.07, 6.45) is 0.111. The molecule has 1 N–H and O–H groups in total. The van der Waals surface area contributed by atoms with Gasteiger partial charge in [-0.25, -0.2) is 4.98 Å². The van der Waals surface area contributed by atoms with Crippen molar-refractivity contribution in [1.29, 1.82) is 0 Å². The average molecular weight is 449 g/mol. The normalized spacial score (nSPS) is 20.7. The van der Waals surface area contributed by atoms with Gasteiger partial charge < -0.3 is 24.1 Å². The van der Waals surface area contributed by atoms with Crippen LogP contribution in [0.15, 0.2) is 12.1 Å². The number of rotatable bonds is 6. The van der Waals surface area contributed by atoms with Gasteiger partial charge in [0.1, 0.15) is 5.82 Å². The molecule has 0 saturated carbocycles. The number of fused-ring (bicyclic) bond motifs is 1. The first-order chi connectivity index (χ1) is 14.9. The molecule has 4 rings (SSSR count). The molecule has 0 unspecified atom stereocenters. The lowest BCUT2D eigenvalue weighted by atomic mass is 10.0. The van der Waals surface area contributed by atoms with Crippen molar-refractivity contribution in [2.75, 3.05) is 34.4 Å². The highest BCUT2D eigenvalue weighted by atomic mass is 32.1. The lowest BCUT2D eigenvalue weighted by molar-refractivity contribution is -0.0764. The molecule has 0 radical (unpaired) electrons. The van der Waals surface area contributed by atoms with Crippen LogP contribution in [0.5, 0.6) is 23.1 Å². The van der Waals surface area contributed by atoms with Gasteiger partial charge in [0.25, 0.3) is 0 Å². The van der Waals surface area contributed by atoms with E-state index in [1.54, 1.807) is 28.3 Å². The Morgan fingerprint density at radius 2 is 1.71 bits per heavy atom. The van der Waals surface area contributed by atoms with Gasteiger partial charge in [0.15, 0.2) is 11.5 Å². The third kappa shape index (κ3) is 3.90. The van der Waals surface area contributed by atoms with Crippen molar-refractivity contribution >= 4 is 16.3 Å². The van der Waals surface area contributed by atoms with Crippen molar-refractivity contribution in [3.05, 3.63) is 28.4 Å². The summed E-state index contributed by atoms with van der Waals surface area (Å²) in [4.78, 5) is 8.15. The highest BCUT2D eigenvalue weighted by molar-refractivity contribution is 7.17. The third-order valence-corrected chi connectivity index (χ3v) is 6.44.